The van der Waals surface area contributed by atoms with Gasteiger partial charge in [-0.05, 0) is 57.3 Å². The van der Waals surface area contributed by atoms with Gasteiger partial charge in [-0.3, -0.25) is 19.2 Å². The number of imidazole rings is 1. The van der Waals surface area contributed by atoms with Crippen molar-refractivity contribution in [2.75, 3.05) is 7.05 Å². The van der Waals surface area contributed by atoms with Crippen molar-refractivity contribution in [2.45, 2.75) is 83.5 Å². The lowest BCUT2D eigenvalue weighted by Crippen LogP contribution is -2.62. The highest BCUT2D eigenvalue weighted by atomic mass is 16.3. The molecule has 0 bridgehead atoms. The van der Waals surface area contributed by atoms with E-state index in [0.717, 1.165) is 27.1 Å². The molecule has 5 atom stereocenters. The maximum Gasteiger partial charge on any atom is 0.252 e. The summed E-state index contributed by atoms with van der Waals surface area (Å²) >= 11 is 0. The number of aliphatic hydroxyl groups excluding tert-OH is 1. The van der Waals surface area contributed by atoms with Crippen molar-refractivity contribution in [3.8, 4) is 0 Å². The van der Waals surface area contributed by atoms with Gasteiger partial charge in [0.15, 0.2) is 5.54 Å². The number of aromatic amines is 1. The third-order valence-corrected chi connectivity index (χ3v) is 10.0. The molecule has 10 nitrogen and oxygen atoms in total. The van der Waals surface area contributed by atoms with E-state index in [-0.39, 0.29) is 24.2 Å². The molecule has 0 aliphatic heterocycles. The lowest BCUT2D eigenvalue weighted by molar-refractivity contribution is -0.148. The number of hydrogen-bond donors (Lipinski definition) is 4. The number of aromatic nitrogens is 2. The number of H-pyrrole nitrogens is 1. The molecule has 0 saturated carbocycles. The fourth-order valence-electron chi connectivity index (χ4n) is 7.56. The van der Waals surface area contributed by atoms with E-state index in [0.29, 0.717) is 24.1 Å². The third kappa shape index (κ3) is 8.33. The molecule has 1 aromatic heterocycles. The van der Waals surface area contributed by atoms with Crippen LogP contribution in [0.2, 0.25) is 0 Å². The molecule has 4 N–H and O–H groups in total. The van der Waals surface area contributed by atoms with Crippen molar-refractivity contribution in [1.82, 2.24) is 25.5 Å². The molecule has 277 valence electrons. The van der Waals surface area contributed by atoms with Gasteiger partial charge in [0.2, 0.25) is 18.1 Å². The normalized spacial score (nSPS) is 15.0. The van der Waals surface area contributed by atoms with Crippen molar-refractivity contribution < 1.29 is 24.3 Å². The Balaban J connectivity index is 1.75. The SMILES string of the molecule is CC(=O)N(C)[C@@](C(=O)N[C@@H](CC(C)C)[C@@H](O)CC(=O)N[C@H]([C]=O)CC(C)C)(c1cccc2ccccc12)C(c1c[nH]cn1)c1cccc2ccccc12. The minimum atomic E-state index is -1.78. The lowest BCUT2D eigenvalue weighted by Gasteiger charge is -2.47. The monoisotopic (exact) mass is 716 g/mol. The zero-order valence-electron chi connectivity index (χ0n) is 31.3. The second-order valence-electron chi connectivity index (χ2n) is 14.7. The number of amides is 3. The summed E-state index contributed by atoms with van der Waals surface area (Å²) < 4.78 is 0. The Labute approximate surface area is 311 Å². The molecule has 5 rings (SSSR count). The van der Waals surface area contributed by atoms with Crippen LogP contribution in [-0.4, -0.2) is 69.2 Å². The highest BCUT2D eigenvalue weighted by molar-refractivity contribution is 6.00. The standard InChI is InChI=1S/C43H50N5O5/c1-27(2)21-32(25-49)46-40(52)23-39(51)37(22-28(3)4)47-42(53)43(48(6)29(5)50,36-20-12-16-31-14-8-10-18-34(31)36)41(38-24-44-26-45-38)35-19-11-15-30-13-7-9-17-33(30)35/h7-20,24,26-28,32,37,39,41,51H,21-23H2,1-6H3,(H,44,45)(H,46,52)(H,47,53)/t32-,37-,39-,41?,43-/m0/s1. The molecule has 0 aliphatic carbocycles. The highest BCUT2D eigenvalue weighted by Crippen LogP contribution is 2.49. The maximum absolute atomic E-state index is 15.8. The molecule has 0 aliphatic rings. The molecule has 4 aromatic carbocycles. The van der Waals surface area contributed by atoms with Crippen molar-refractivity contribution in [1.29, 1.82) is 0 Å². The van der Waals surface area contributed by atoms with Gasteiger partial charge in [0, 0.05) is 20.2 Å². The molecular formula is C43H50N5O5. The molecule has 0 saturated heterocycles. The molecule has 53 heavy (non-hydrogen) atoms. The van der Waals surface area contributed by atoms with Crippen molar-refractivity contribution in [3.05, 3.63) is 114 Å². The van der Waals surface area contributed by atoms with Crippen LogP contribution in [0.15, 0.2) is 97.5 Å². The average molecular weight is 717 g/mol. The molecule has 0 spiro atoms. The molecule has 3 amide bonds. The Morgan fingerprint density at radius 2 is 1.45 bits per heavy atom. The summed E-state index contributed by atoms with van der Waals surface area (Å²) in [5.74, 6) is -2.15. The Morgan fingerprint density at radius 1 is 0.849 bits per heavy atom. The van der Waals surface area contributed by atoms with Gasteiger partial charge in [-0.25, -0.2) is 4.98 Å². The number of likely N-dealkylation sites (N-methyl/N-ethyl adjacent to an activating group) is 1. The predicted octanol–water partition coefficient (Wildman–Crippen LogP) is 6.14. The summed E-state index contributed by atoms with van der Waals surface area (Å²) in [6.07, 6.45) is 4.24. The fourth-order valence-corrected chi connectivity index (χ4v) is 7.56. The zero-order valence-corrected chi connectivity index (χ0v) is 31.3. The molecule has 10 heteroatoms. The molecule has 1 unspecified atom stereocenters. The quantitative estimate of drug-likeness (QED) is 0.0966. The number of benzene rings is 4. The zero-order chi connectivity index (χ0) is 38.3. The van der Waals surface area contributed by atoms with Crippen LogP contribution in [-0.2, 0) is 24.7 Å². The van der Waals surface area contributed by atoms with Gasteiger partial charge < -0.3 is 25.6 Å². The van der Waals surface area contributed by atoms with Crippen LogP contribution in [0.1, 0.15) is 76.6 Å². The first-order valence-corrected chi connectivity index (χ1v) is 18.2. The van der Waals surface area contributed by atoms with Crippen LogP contribution in [0.4, 0.5) is 0 Å². The number of hydrogen-bond acceptors (Lipinski definition) is 6. The second-order valence-corrected chi connectivity index (χ2v) is 14.7. The smallest absolute Gasteiger partial charge is 0.252 e. The van der Waals surface area contributed by atoms with Crippen LogP contribution < -0.4 is 10.6 Å². The van der Waals surface area contributed by atoms with Crippen LogP contribution in [0.5, 0.6) is 0 Å². The van der Waals surface area contributed by atoms with E-state index in [1.807, 2.05) is 119 Å². The number of fused-ring (bicyclic) bond motifs is 2. The molecule has 0 fully saturated rings. The van der Waals surface area contributed by atoms with E-state index in [9.17, 15) is 19.5 Å². The minimum absolute atomic E-state index is 0.00713. The first kappa shape index (κ1) is 38.9. The van der Waals surface area contributed by atoms with Gasteiger partial charge >= 0.3 is 0 Å². The van der Waals surface area contributed by atoms with Crippen molar-refractivity contribution in [2.24, 2.45) is 11.8 Å². The fraction of sp³-hybridized carbons (Fsp3) is 0.372. The van der Waals surface area contributed by atoms with Crippen molar-refractivity contribution in [3.63, 3.8) is 0 Å². The second kappa shape index (κ2) is 17.0. The van der Waals surface area contributed by atoms with Gasteiger partial charge in [0.05, 0.1) is 42.5 Å². The van der Waals surface area contributed by atoms with Crippen LogP contribution >= 0.6 is 0 Å². The summed E-state index contributed by atoms with van der Waals surface area (Å²) in [5.41, 5.74) is 0.0884. The van der Waals surface area contributed by atoms with E-state index in [4.69, 9.17) is 4.98 Å². The summed E-state index contributed by atoms with van der Waals surface area (Å²) in [7, 11) is 1.63. The molecule has 1 heterocycles. The highest BCUT2D eigenvalue weighted by Gasteiger charge is 2.55. The topological polar surface area (TPSA) is 144 Å². The van der Waals surface area contributed by atoms with Gasteiger partial charge in [-0.15, -0.1) is 0 Å². The summed E-state index contributed by atoms with van der Waals surface area (Å²) in [5, 5.41) is 21.0. The van der Waals surface area contributed by atoms with E-state index >= 15 is 4.79 Å². The predicted molar refractivity (Wildman–Crippen MR) is 208 cm³/mol. The first-order chi connectivity index (χ1) is 25.4. The molecule has 1 radical (unpaired) electrons. The number of carbonyl (C=O) groups is 3. The first-order valence-electron chi connectivity index (χ1n) is 18.2. The van der Waals surface area contributed by atoms with Crippen LogP contribution in [0, 0.1) is 11.8 Å². The van der Waals surface area contributed by atoms with E-state index in [1.54, 1.807) is 19.6 Å². The Bertz CT molecular complexity index is 2030. The molecular weight excluding hydrogens is 667 g/mol. The number of carbonyl (C=O) groups excluding carboxylic acids is 4. The van der Waals surface area contributed by atoms with Gasteiger partial charge in [0.1, 0.15) is 0 Å². The maximum atomic E-state index is 15.8. The number of nitrogens with zero attached hydrogens (tertiary/aromatic N) is 2. The largest absolute Gasteiger partial charge is 0.390 e. The lowest BCUT2D eigenvalue weighted by atomic mass is 9.68. The summed E-state index contributed by atoms with van der Waals surface area (Å²) in [6, 6.07) is 25.5. The van der Waals surface area contributed by atoms with Crippen LogP contribution in [0.3, 0.4) is 0 Å². The van der Waals surface area contributed by atoms with Crippen molar-refractivity contribution >= 4 is 45.6 Å². The van der Waals surface area contributed by atoms with E-state index < -0.39 is 41.5 Å². The van der Waals surface area contributed by atoms with Gasteiger partial charge in [0.25, 0.3) is 5.91 Å². The van der Waals surface area contributed by atoms with Crippen LogP contribution in [0.25, 0.3) is 21.5 Å². The number of rotatable bonds is 16. The van der Waals surface area contributed by atoms with E-state index in [1.165, 1.54) is 11.8 Å². The van der Waals surface area contributed by atoms with Gasteiger partial charge in [-0.1, -0.05) is 113 Å². The van der Waals surface area contributed by atoms with Gasteiger partial charge in [-0.2, -0.15) is 0 Å². The third-order valence-electron chi connectivity index (χ3n) is 10.0. The Hall–Kier alpha value is -5.35. The van der Waals surface area contributed by atoms with E-state index in [2.05, 4.69) is 15.6 Å². The Morgan fingerprint density at radius 3 is 2.06 bits per heavy atom. The summed E-state index contributed by atoms with van der Waals surface area (Å²) in [6.45, 7) is 9.24. The minimum Gasteiger partial charge on any atom is -0.390 e. The number of aliphatic hydroxyl groups is 1. The Kier molecular flexibility index (Phi) is 12.5. The molecule has 5 aromatic rings. The average Bonchev–Trinajstić information content (AvgIpc) is 3.66. The summed E-state index contributed by atoms with van der Waals surface area (Å²) in [4.78, 5) is 63.8. The number of nitrogens with one attached hydrogen (secondary N) is 3.